The molecule has 3 saturated heterocycles. The largest absolute Gasteiger partial charge is 0.497 e. The van der Waals surface area contributed by atoms with E-state index in [1.807, 2.05) is 30.9 Å². The number of allylic oxidation sites excluding steroid dienone is 1. The Bertz CT molecular complexity index is 727. The zero-order valence-electron chi connectivity index (χ0n) is 16.3. The Morgan fingerprint density at radius 2 is 2.00 bits per heavy atom. The summed E-state index contributed by atoms with van der Waals surface area (Å²) in [5.41, 5.74) is 1.20. The van der Waals surface area contributed by atoms with Gasteiger partial charge in [-0.25, -0.2) is 0 Å². The first-order chi connectivity index (χ1) is 13.0. The third-order valence-electron chi connectivity index (χ3n) is 5.25. The average Bonchev–Trinajstić information content (AvgIpc) is 2.96. The van der Waals surface area contributed by atoms with Crippen molar-refractivity contribution < 1.29 is 19.1 Å². The molecule has 1 aromatic rings. The molecule has 6 heteroatoms. The molecule has 2 bridgehead atoms. The van der Waals surface area contributed by atoms with Crippen molar-refractivity contribution in [3.63, 3.8) is 0 Å². The van der Waals surface area contributed by atoms with Crippen LogP contribution in [0.25, 0.3) is 0 Å². The number of ether oxygens (including phenoxy) is 2. The maximum atomic E-state index is 12.8. The number of hydrogen-bond acceptors (Lipinski definition) is 4. The molecule has 2 amide bonds. The number of methoxy groups -OCH3 is 1. The number of fused-ring (bicyclic) bond motifs is 4. The predicted octanol–water partition coefficient (Wildman–Crippen LogP) is 2.49. The first kappa shape index (κ1) is 19.3. The smallest absolute Gasteiger partial charge is 0.260 e. The van der Waals surface area contributed by atoms with Gasteiger partial charge in [0.05, 0.1) is 13.0 Å². The first-order valence-corrected chi connectivity index (χ1v) is 9.46. The summed E-state index contributed by atoms with van der Waals surface area (Å²) in [6.07, 6.45) is 3.89. The van der Waals surface area contributed by atoms with Crippen LogP contribution in [-0.2, 0) is 9.59 Å². The van der Waals surface area contributed by atoms with Gasteiger partial charge < -0.3 is 19.3 Å². The highest BCUT2D eigenvalue weighted by molar-refractivity contribution is 5.83. The number of nitrogens with zero attached hydrogens (tertiary/aromatic N) is 2. The van der Waals surface area contributed by atoms with Gasteiger partial charge in [-0.2, -0.15) is 0 Å². The van der Waals surface area contributed by atoms with Crippen LogP contribution in [0.1, 0.15) is 26.7 Å². The highest BCUT2D eigenvalue weighted by Crippen LogP contribution is 2.29. The summed E-state index contributed by atoms with van der Waals surface area (Å²) >= 11 is 0. The third-order valence-corrected chi connectivity index (χ3v) is 5.25. The lowest BCUT2D eigenvalue weighted by Gasteiger charge is -2.35. The van der Waals surface area contributed by atoms with Gasteiger partial charge in [0.25, 0.3) is 5.91 Å². The molecule has 0 spiro atoms. The molecule has 0 radical (unpaired) electrons. The van der Waals surface area contributed by atoms with Crippen molar-refractivity contribution in [1.29, 1.82) is 0 Å². The number of hydrogen-bond donors (Lipinski definition) is 0. The van der Waals surface area contributed by atoms with E-state index < -0.39 is 0 Å². The lowest BCUT2D eigenvalue weighted by atomic mass is 9.94. The Hall–Kier alpha value is -2.50. The standard InChI is InChI=1S/C21H28N2O4/c1-15(2)9-10-23-17-8-7-16(21(23)25)12-22(13-17)20(24)14-27-19-6-4-5-18(11-19)26-3/h4-6,9,11,16-17H,7-8,10,12-14H2,1-3H3/t16-,17+/m0/s1. The van der Waals surface area contributed by atoms with Gasteiger partial charge in [0, 0.05) is 31.7 Å². The van der Waals surface area contributed by atoms with Crippen molar-refractivity contribution in [1.82, 2.24) is 9.80 Å². The molecular weight excluding hydrogens is 344 g/mol. The highest BCUT2D eigenvalue weighted by atomic mass is 16.5. The minimum atomic E-state index is -0.102. The third kappa shape index (κ3) is 4.62. The van der Waals surface area contributed by atoms with Gasteiger partial charge in [0.2, 0.25) is 5.91 Å². The minimum Gasteiger partial charge on any atom is -0.497 e. The predicted molar refractivity (Wildman–Crippen MR) is 103 cm³/mol. The zero-order valence-corrected chi connectivity index (χ0v) is 16.3. The Kier molecular flexibility index (Phi) is 6.04. The Balaban J connectivity index is 1.63. The molecule has 0 aromatic heterocycles. The van der Waals surface area contributed by atoms with Gasteiger partial charge in [-0.1, -0.05) is 17.7 Å². The summed E-state index contributed by atoms with van der Waals surface area (Å²) in [7, 11) is 1.59. The molecule has 3 aliphatic rings. The maximum Gasteiger partial charge on any atom is 0.260 e. The number of rotatable bonds is 6. The van der Waals surface area contributed by atoms with Gasteiger partial charge in [-0.15, -0.1) is 0 Å². The molecular formula is C21H28N2O4. The second-order valence-corrected chi connectivity index (χ2v) is 7.47. The van der Waals surface area contributed by atoms with Gasteiger partial charge >= 0.3 is 0 Å². The molecule has 27 heavy (non-hydrogen) atoms. The van der Waals surface area contributed by atoms with Crippen LogP contribution in [-0.4, -0.2) is 61.0 Å². The molecule has 1 aromatic carbocycles. The van der Waals surface area contributed by atoms with Crippen molar-refractivity contribution in [2.45, 2.75) is 32.7 Å². The minimum absolute atomic E-state index is 0.0330. The van der Waals surface area contributed by atoms with Crippen LogP contribution >= 0.6 is 0 Å². The summed E-state index contributed by atoms with van der Waals surface area (Å²) in [6.45, 7) is 5.73. The van der Waals surface area contributed by atoms with Crippen molar-refractivity contribution in [2.24, 2.45) is 5.92 Å². The topological polar surface area (TPSA) is 59.1 Å². The monoisotopic (exact) mass is 372 g/mol. The second-order valence-electron chi connectivity index (χ2n) is 7.47. The molecule has 0 aliphatic carbocycles. The van der Waals surface area contributed by atoms with E-state index in [2.05, 4.69) is 6.08 Å². The Labute approximate surface area is 160 Å². The number of carbonyl (C=O) groups excluding carboxylic acids is 2. The average molecular weight is 372 g/mol. The van der Waals surface area contributed by atoms with Crippen molar-refractivity contribution in [2.75, 3.05) is 33.4 Å². The SMILES string of the molecule is COc1cccc(OCC(=O)N2C[C@@H]3CC[C@H](C2)N(CC=C(C)C)C3=O)c1. The summed E-state index contributed by atoms with van der Waals surface area (Å²) in [5, 5.41) is 0. The van der Waals surface area contributed by atoms with E-state index >= 15 is 0 Å². The van der Waals surface area contributed by atoms with Gasteiger partial charge in [0.1, 0.15) is 11.5 Å². The molecule has 0 unspecified atom stereocenters. The summed E-state index contributed by atoms with van der Waals surface area (Å²) in [5.74, 6) is 1.28. The van der Waals surface area contributed by atoms with Crippen LogP contribution in [0.4, 0.5) is 0 Å². The van der Waals surface area contributed by atoms with Gasteiger partial charge in [-0.3, -0.25) is 9.59 Å². The first-order valence-electron chi connectivity index (χ1n) is 9.46. The molecule has 4 rings (SSSR count). The lowest BCUT2D eigenvalue weighted by Crippen LogP contribution is -2.48. The number of benzene rings is 1. The van der Waals surface area contributed by atoms with Crippen LogP contribution in [0.5, 0.6) is 11.5 Å². The molecule has 3 fully saturated rings. The highest BCUT2D eigenvalue weighted by Gasteiger charge is 2.41. The number of piperidine rings is 1. The maximum absolute atomic E-state index is 12.8. The Morgan fingerprint density at radius 3 is 2.74 bits per heavy atom. The molecule has 3 aliphatic heterocycles. The zero-order chi connectivity index (χ0) is 19.4. The van der Waals surface area contributed by atoms with E-state index in [-0.39, 0.29) is 30.4 Å². The fourth-order valence-electron chi connectivity index (χ4n) is 3.69. The van der Waals surface area contributed by atoms with Gasteiger partial charge in [0.15, 0.2) is 6.61 Å². The second kappa shape index (κ2) is 8.46. The van der Waals surface area contributed by atoms with Crippen molar-refractivity contribution >= 4 is 11.8 Å². The van der Waals surface area contributed by atoms with Crippen LogP contribution in [0.2, 0.25) is 0 Å². The molecule has 0 N–H and O–H groups in total. The van der Waals surface area contributed by atoms with E-state index in [0.29, 0.717) is 31.1 Å². The van der Waals surface area contributed by atoms with E-state index in [1.54, 1.807) is 24.1 Å². The Morgan fingerprint density at radius 1 is 1.22 bits per heavy atom. The molecule has 2 atom stereocenters. The van der Waals surface area contributed by atoms with Crippen molar-refractivity contribution in [3.8, 4) is 11.5 Å². The normalized spacial score (nSPS) is 21.7. The van der Waals surface area contributed by atoms with E-state index in [9.17, 15) is 9.59 Å². The molecule has 3 heterocycles. The summed E-state index contributed by atoms with van der Waals surface area (Å²) in [6, 6.07) is 7.29. The van der Waals surface area contributed by atoms with E-state index in [4.69, 9.17) is 9.47 Å². The van der Waals surface area contributed by atoms with Crippen LogP contribution in [0.15, 0.2) is 35.9 Å². The van der Waals surface area contributed by atoms with Crippen LogP contribution in [0.3, 0.4) is 0 Å². The summed E-state index contributed by atoms with van der Waals surface area (Å²) < 4.78 is 10.8. The fraction of sp³-hybridized carbons (Fsp3) is 0.524. The summed E-state index contributed by atoms with van der Waals surface area (Å²) in [4.78, 5) is 29.2. The van der Waals surface area contributed by atoms with Crippen LogP contribution in [0, 0.1) is 5.92 Å². The van der Waals surface area contributed by atoms with E-state index in [0.717, 1.165) is 12.8 Å². The van der Waals surface area contributed by atoms with Crippen LogP contribution < -0.4 is 9.47 Å². The van der Waals surface area contributed by atoms with Crippen molar-refractivity contribution in [3.05, 3.63) is 35.9 Å². The molecule has 6 nitrogen and oxygen atoms in total. The number of carbonyl (C=O) groups is 2. The van der Waals surface area contributed by atoms with E-state index in [1.165, 1.54) is 5.57 Å². The number of amides is 2. The van der Waals surface area contributed by atoms with Gasteiger partial charge in [-0.05, 0) is 38.8 Å². The quantitative estimate of drug-likeness (QED) is 0.720. The fourth-order valence-corrected chi connectivity index (χ4v) is 3.69. The molecule has 146 valence electrons. The molecule has 0 saturated carbocycles. The lowest BCUT2D eigenvalue weighted by molar-refractivity contribution is -0.139.